The minimum Gasteiger partial charge on any atom is -0.368 e. The van der Waals surface area contributed by atoms with Crippen molar-refractivity contribution in [2.75, 3.05) is 31.1 Å². The predicted octanol–water partition coefficient (Wildman–Crippen LogP) is 5.09. The largest absolute Gasteiger partial charge is 0.416 e. The van der Waals surface area contributed by atoms with Crippen LogP contribution >= 0.6 is 11.3 Å². The molecule has 1 aromatic heterocycles. The highest BCUT2D eigenvalue weighted by Crippen LogP contribution is 2.36. The number of halogens is 3. The number of benzene rings is 1. The minimum absolute atomic E-state index is 0.122. The molecule has 0 radical (unpaired) electrons. The number of anilines is 1. The number of nitrogens with zero attached hydrogens (tertiary/aromatic N) is 2. The van der Waals surface area contributed by atoms with Crippen LogP contribution in [0.5, 0.6) is 0 Å². The summed E-state index contributed by atoms with van der Waals surface area (Å²) in [6.45, 7) is 6.29. The summed E-state index contributed by atoms with van der Waals surface area (Å²) in [7, 11) is 0. The van der Waals surface area contributed by atoms with Crippen molar-refractivity contribution in [2.45, 2.75) is 45.3 Å². The van der Waals surface area contributed by atoms with Gasteiger partial charge in [-0.15, -0.1) is 11.3 Å². The number of thiophene rings is 1. The predicted molar refractivity (Wildman–Crippen MR) is 119 cm³/mol. The maximum Gasteiger partial charge on any atom is 0.416 e. The standard InChI is InChI=1S/C23H30F3N3OS/c1-16(2)14-20(27)19-15-17(23(24,25)26)5-7-21(19)28-9-11-29(12-10-28)22(30)8-6-18-4-3-13-31-18/h3-5,7,13,15-16,20H,6,8-12,14,27H2,1-2H3/t20-/m0/s1. The third-order valence-electron chi connectivity index (χ3n) is 5.62. The minimum atomic E-state index is -4.40. The van der Waals surface area contributed by atoms with E-state index in [1.54, 1.807) is 11.3 Å². The summed E-state index contributed by atoms with van der Waals surface area (Å²) in [5, 5.41) is 2.00. The van der Waals surface area contributed by atoms with Crippen molar-refractivity contribution >= 4 is 22.9 Å². The van der Waals surface area contributed by atoms with Gasteiger partial charge in [-0.05, 0) is 54.0 Å². The van der Waals surface area contributed by atoms with Crippen molar-refractivity contribution in [2.24, 2.45) is 11.7 Å². The fourth-order valence-electron chi connectivity index (χ4n) is 3.99. The first-order valence-electron chi connectivity index (χ1n) is 10.7. The quantitative estimate of drug-likeness (QED) is 0.635. The van der Waals surface area contributed by atoms with E-state index in [0.717, 1.165) is 18.2 Å². The summed E-state index contributed by atoms with van der Waals surface area (Å²) in [5.74, 6) is 0.396. The Morgan fingerprint density at radius 2 is 1.87 bits per heavy atom. The number of nitrogens with two attached hydrogens (primary N) is 1. The molecule has 1 fully saturated rings. The average Bonchev–Trinajstić information content (AvgIpc) is 3.24. The molecule has 1 amide bonds. The first-order valence-corrected chi connectivity index (χ1v) is 11.5. The lowest BCUT2D eigenvalue weighted by Crippen LogP contribution is -2.49. The number of amides is 1. The molecule has 2 N–H and O–H groups in total. The van der Waals surface area contributed by atoms with Crippen LogP contribution in [0.15, 0.2) is 35.7 Å². The van der Waals surface area contributed by atoms with Gasteiger partial charge in [0.15, 0.2) is 0 Å². The Labute approximate surface area is 185 Å². The van der Waals surface area contributed by atoms with Gasteiger partial charge in [-0.3, -0.25) is 4.79 Å². The first kappa shape index (κ1) is 23.6. The monoisotopic (exact) mass is 453 g/mol. The number of alkyl halides is 3. The Hall–Kier alpha value is -2.06. The van der Waals surface area contributed by atoms with E-state index in [-0.39, 0.29) is 11.8 Å². The summed E-state index contributed by atoms with van der Waals surface area (Å²) in [6.07, 6.45) is -2.58. The third kappa shape index (κ3) is 6.23. The smallest absolute Gasteiger partial charge is 0.368 e. The van der Waals surface area contributed by atoms with Gasteiger partial charge in [0.05, 0.1) is 5.56 Å². The van der Waals surface area contributed by atoms with Gasteiger partial charge in [-0.1, -0.05) is 19.9 Å². The molecule has 1 atom stereocenters. The second-order valence-corrected chi connectivity index (χ2v) is 9.49. The Morgan fingerprint density at radius 3 is 2.45 bits per heavy atom. The third-order valence-corrected chi connectivity index (χ3v) is 6.55. The molecular formula is C23H30F3N3OS. The van der Waals surface area contributed by atoms with E-state index in [9.17, 15) is 18.0 Å². The van der Waals surface area contributed by atoms with Crippen LogP contribution in [0.2, 0.25) is 0 Å². The fourth-order valence-corrected chi connectivity index (χ4v) is 4.70. The number of carbonyl (C=O) groups excluding carboxylic acids is 1. The second-order valence-electron chi connectivity index (χ2n) is 8.45. The number of carbonyl (C=O) groups is 1. The van der Waals surface area contributed by atoms with Gasteiger partial charge in [-0.2, -0.15) is 13.2 Å². The van der Waals surface area contributed by atoms with Gasteiger partial charge >= 0.3 is 6.18 Å². The van der Waals surface area contributed by atoms with Crippen molar-refractivity contribution in [3.8, 4) is 0 Å². The van der Waals surface area contributed by atoms with Gasteiger partial charge < -0.3 is 15.5 Å². The SMILES string of the molecule is CC(C)C[C@H](N)c1cc(C(F)(F)F)ccc1N1CCN(C(=O)CCc2cccs2)CC1. The molecule has 2 aromatic rings. The lowest BCUT2D eigenvalue weighted by Gasteiger charge is -2.38. The summed E-state index contributed by atoms with van der Waals surface area (Å²) in [6, 6.07) is 7.40. The zero-order chi connectivity index (χ0) is 22.6. The zero-order valence-corrected chi connectivity index (χ0v) is 18.8. The van der Waals surface area contributed by atoms with E-state index in [0.29, 0.717) is 44.6 Å². The van der Waals surface area contributed by atoms with Crippen LogP contribution in [-0.4, -0.2) is 37.0 Å². The van der Waals surface area contributed by atoms with Crippen LogP contribution in [0, 0.1) is 5.92 Å². The van der Waals surface area contributed by atoms with Crippen molar-refractivity contribution in [3.05, 3.63) is 51.7 Å². The first-order chi connectivity index (χ1) is 14.6. The Kier molecular flexibility index (Phi) is 7.64. The van der Waals surface area contributed by atoms with E-state index >= 15 is 0 Å². The molecule has 0 aliphatic carbocycles. The van der Waals surface area contributed by atoms with Gasteiger partial charge in [0.25, 0.3) is 0 Å². The number of hydrogen-bond acceptors (Lipinski definition) is 4. The highest BCUT2D eigenvalue weighted by atomic mass is 32.1. The van der Waals surface area contributed by atoms with Gasteiger partial charge in [0.2, 0.25) is 5.91 Å². The molecule has 0 bridgehead atoms. The Balaban J connectivity index is 1.69. The maximum absolute atomic E-state index is 13.3. The molecule has 1 aromatic carbocycles. The van der Waals surface area contributed by atoms with Gasteiger partial charge in [-0.25, -0.2) is 0 Å². The molecule has 1 aliphatic rings. The molecule has 1 aliphatic heterocycles. The second kappa shape index (κ2) is 10.0. The molecule has 8 heteroatoms. The van der Waals surface area contributed by atoms with Gasteiger partial charge in [0, 0.05) is 49.2 Å². The van der Waals surface area contributed by atoms with Crippen LogP contribution in [0.3, 0.4) is 0 Å². The van der Waals surface area contributed by atoms with Crippen molar-refractivity contribution in [3.63, 3.8) is 0 Å². The molecule has 1 saturated heterocycles. The summed E-state index contributed by atoms with van der Waals surface area (Å²) < 4.78 is 39.9. The highest BCUT2D eigenvalue weighted by molar-refractivity contribution is 7.09. The van der Waals surface area contributed by atoms with E-state index in [1.807, 2.05) is 36.3 Å². The average molecular weight is 454 g/mol. The molecule has 3 rings (SSSR count). The number of piperazine rings is 1. The number of aryl methyl sites for hydroxylation is 1. The lowest BCUT2D eigenvalue weighted by atomic mass is 9.94. The topological polar surface area (TPSA) is 49.6 Å². The fraction of sp³-hybridized carbons (Fsp3) is 0.522. The van der Waals surface area contributed by atoms with Crippen LogP contribution < -0.4 is 10.6 Å². The van der Waals surface area contributed by atoms with E-state index in [1.165, 1.54) is 17.0 Å². The van der Waals surface area contributed by atoms with Gasteiger partial charge in [0.1, 0.15) is 0 Å². The summed E-state index contributed by atoms with van der Waals surface area (Å²) in [5.41, 5.74) is 6.92. The molecule has 2 heterocycles. The van der Waals surface area contributed by atoms with Crippen molar-refractivity contribution in [1.82, 2.24) is 4.90 Å². The van der Waals surface area contributed by atoms with E-state index < -0.39 is 17.8 Å². The maximum atomic E-state index is 13.3. The van der Waals surface area contributed by atoms with E-state index in [4.69, 9.17) is 5.73 Å². The number of rotatable bonds is 7. The van der Waals surface area contributed by atoms with Crippen molar-refractivity contribution < 1.29 is 18.0 Å². The molecule has 0 saturated carbocycles. The molecule has 170 valence electrons. The Bertz CT molecular complexity index is 859. The van der Waals surface area contributed by atoms with Crippen LogP contribution in [0.1, 0.15) is 48.7 Å². The number of hydrogen-bond donors (Lipinski definition) is 1. The van der Waals surface area contributed by atoms with Crippen LogP contribution in [0.25, 0.3) is 0 Å². The summed E-state index contributed by atoms with van der Waals surface area (Å²) >= 11 is 1.65. The molecule has 31 heavy (non-hydrogen) atoms. The normalized spacial score (nSPS) is 16.1. The molecule has 0 spiro atoms. The van der Waals surface area contributed by atoms with Crippen LogP contribution in [-0.2, 0) is 17.4 Å². The summed E-state index contributed by atoms with van der Waals surface area (Å²) in [4.78, 5) is 17.7. The molecule has 0 unspecified atom stereocenters. The molecule has 4 nitrogen and oxygen atoms in total. The van der Waals surface area contributed by atoms with Crippen molar-refractivity contribution in [1.29, 1.82) is 0 Å². The highest BCUT2D eigenvalue weighted by Gasteiger charge is 2.33. The van der Waals surface area contributed by atoms with E-state index in [2.05, 4.69) is 4.90 Å². The molecular weight excluding hydrogens is 423 g/mol. The lowest BCUT2D eigenvalue weighted by molar-refractivity contribution is -0.137. The van der Waals surface area contributed by atoms with Crippen LogP contribution in [0.4, 0.5) is 18.9 Å². The zero-order valence-electron chi connectivity index (χ0n) is 18.0. The Morgan fingerprint density at radius 1 is 1.16 bits per heavy atom.